The molecule has 0 radical (unpaired) electrons. The molecule has 0 atom stereocenters. The molecule has 1 saturated carbocycles. The molecule has 2 aliphatic rings. The van der Waals surface area contributed by atoms with Gasteiger partial charge in [-0.25, -0.2) is 0 Å². The molecule has 0 amide bonds. The first-order valence-corrected chi connectivity index (χ1v) is 15.2. The summed E-state index contributed by atoms with van der Waals surface area (Å²) in [6.07, 6.45) is 38.1. The van der Waals surface area contributed by atoms with Crippen LogP contribution in [0.4, 0.5) is 0 Å². The summed E-state index contributed by atoms with van der Waals surface area (Å²) in [5.41, 5.74) is 0. The van der Waals surface area contributed by atoms with Crippen molar-refractivity contribution >= 4 is 6.21 Å². The van der Waals surface area contributed by atoms with Gasteiger partial charge < -0.3 is 4.90 Å². The lowest BCUT2D eigenvalue weighted by Crippen LogP contribution is -2.37. The fourth-order valence-corrected chi connectivity index (χ4v) is 5.83. The van der Waals surface area contributed by atoms with E-state index in [1.807, 2.05) is 0 Å². The van der Waals surface area contributed by atoms with Gasteiger partial charge in [0.2, 0.25) is 0 Å². The van der Waals surface area contributed by atoms with E-state index >= 15 is 0 Å². The summed E-state index contributed by atoms with van der Waals surface area (Å²) in [5, 5.41) is 0. The summed E-state index contributed by atoms with van der Waals surface area (Å²) in [7, 11) is 0. The number of aliphatic imine (C=N–C) groups is 1. The molecule has 0 N–H and O–H groups in total. The first-order valence-electron chi connectivity index (χ1n) is 15.2. The number of hydrogen-bond acceptors (Lipinski definition) is 2. The van der Waals surface area contributed by atoms with Crippen LogP contribution in [-0.2, 0) is 0 Å². The molecule has 2 heteroatoms. The molecule has 2 rings (SSSR count). The van der Waals surface area contributed by atoms with Crippen LogP contribution in [0, 0.1) is 0 Å². The Kier molecular flexibility index (Phi) is 18.4. The van der Waals surface area contributed by atoms with Gasteiger partial charge in [0.1, 0.15) is 0 Å². The van der Waals surface area contributed by atoms with Crippen LogP contribution >= 0.6 is 0 Å². The third kappa shape index (κ3) is 15.5. The molecule has 0 aromatic carbocycles. The van der Waals surface area contributed by atoms with Crippen LogP contribution in [0.15, 0.2) is 4.99 Å². The maximum atomic E-state index is 4.63. The predicted octanol–water partition coefficient (Wildman–Crippen LogP) is 9.51. The first kappa shape index (κ1) is 27.9. The van der Waals surface area contributed by atoms with E-state index < -0.39 is 0 Å². The van der Waals surface area contributed by atoms with Gasteiger partial charge in [-0.2, -0.15) is 0 Å². The summed E-state index contributed by atoms with van der Waals surface area (Å²) < 4.78 is 0. The molecule has 32 heavy (non-hydrogen) atoms. The zero-order chi connectivity index (χ0) is 22.4. The number of nitrogens with zero attached hydrogens (tertiary/aromatic N) is 2. The van der Waals surface area contributed by atoms with Crippen molar-refractivity contribution in [3.8, 4) is 0 Å². The molecule has 1 aliphatic carbocycles. The monoisotopic (exact) mass is 446 g/mol. The SMILES string of the molecule is C1=NCCCCCCCCN(C2CCCCCCCCCCCCCCC2)CCCCC1. The fraction of sp³-hybridized carbons (Fsp3) is 0.967. The maximum Gasteiger partial charge on any atom is 0.0385 e. The lowest BCUT2D eigenvalue weighted by atomic mass is 9.97. The van der Waals surface area contributed by atoms with Gasteiger partial charge in [0.25, 0.3) is 0 Å². The second-order valence-corrected chi connectivity index (χ2v) is 10.9. The Morgan fingerprint density at radius 3 is 1.38 bits per heavy atom. The third-order valence-electron chi connectivity index (χ3n) is 7.98. The summed E-state index contributed by atoms with van der Waals surface area (Å²) in [6.45, 7) is 3.78. The molecule has 1 aliphatic heterocycles. The molecule has 0 aromatic heterocycles. The molecule has 0 aromatic rings. The Morgan fingerprint density at radius 2 is 0.844 bits per heavy atom. The van der Waals surface area contributed by atoms with Crippen molar-refractivity contribution in [3.05, 3.63) is 0 Å². The largest absolute Gasteiger partial charge is 0.300 e. The van der Waals surface area contributed by atoms with E-state index in [1.54, 1.807) is 0 Å². The maximum absolute atomic E-state index is 4.63. The molecule has 1 fully saturated rings. The average Bonchev–Trinajstić information content (AvgIpc) is 2.79. The Balaban J connectivity index is 1.84. The minimum Gasteiger partial charge on any atom is -0.300 e. The van der Waals surface area contributed by atoms with E-state index in [0.29, 0.717) is 0 Å². The zero-order valence-electron chi connectivity index (χ0n) is 21.8. The van der Waals surface area contributed by atoms with Gasteiger partial charge in [-0.1, -0.05) is 116 Å². The average molecular weight is 447 g/mol. The van der Waals surface area contributed by atoms with Gasteiger partial charge in [-0.15, -0.1) is 0 Å². The first-order chi connectivity index (χ1) is 16.0. The normalized spacial score (nSPS) is 25.4. The Bertz CT molecular complexity index is 403. The summed E-state index contributed by atoms with van der Waals surface area (Å²) in [5.74, 6) is 0. The van der Waals surface area contributed by atoms with Gasteiger partial charge >= 0.3 is 0 Å². The van der Waals surface area contributed by atoms with Crippen LogP contribution in [0.2, 0.25) is 0 Å². The molecule has 2 nitrogen and oxygen atoms in total. The van der Waals surface area contributed by atoms with Crippen LogP contribution in [0.25, 0.3) is 0 Å². The van der Waals surface area contributed by atoms with Gasteiger partial charge in [0, 0.05) is 12.6 Å². The van der Waals surface area contributed by atoms with E-state index in [9.17, 15) is 0 Å². The van der Waals surface area contributed by atoms with Crippen molar-refractivity contribution in [2.24, 2.45) is 4.99 Å². The van der Waals surface area contributed by atoms with Crippen molar-refractivity contribution in [2.45, 2.75) is 167 Å². The Hall–Kier alpha value is -0.370. The predicted molar refractivity (Wildman–Crippen MR) is 144 cm³/mol. The van der Waals surface area contributed by atoms with Crippen molar-refractivity contribution in [3.63, 3.8) is 0 Å². The third-order valence-corrected chi connectivity index (χ3v) is 7.98. The van der Waals surface area contributed by atoms with Crippen molar-refractivity contribution < 1.29 is 0 Å². The number of hydrogen-bond donors (Lipinski definition) is 0. The van der Waals surface area contributed by atoms with Crippen molar-refractivity contribution in [2.75, 3.05) is 19.6 Å². The second kappa shape index (κ2) is 21.2. The lowest BCUT2D eigenvalue weighted by Gasteiger charge is -2.32. The highest BCUT2D eigenvalue weighted by Gasteiger charge is 2.17. The topological polar surface area (TPSA) is 15.6 Å². The van der Waals surface area contributed by atoms with E-state index in [1.165, 1.54) is 174 Å². The van der Waals surface area contributed by atoms with Gasteiger partial charge in [0.15, 0.2) is 0 Å². The summed E-state index contributed by atoms with van der Waals surface area (Å²) in [4.78, 5) is 7.59. The molecule has 0 spiro atoms. The summed E-state index contributed by atoms with van der Waals surface area (Å²) in [6, 6.07) is 0.864. The summed E-state index contributed by atoms with van der Waals surface area (Å²) >= 11 is 0. The van der Waals surface area contributed by atoms with Crippen LogP contribution < -0.4 is 0 Å². The van der Waals surface area contributed by atoms with Crippen molar-refractivity contribution in [1.29, 1.82) is 0 Å². The number of rotatable bonds is 1. The Labute approximate surface area is 202 Å². The minimum absolute atomic E-state index is 0.864. The van der Waals surface area contributed by atoms with E-state index in [2.05, 4.69) is 16.1 Å². The van der Waals surface area contributed by atoms with E-state index in [-0.39, 0.29) is 0 Å². The van der Waals surface area contributed by atoms with Crippen LogP contribution in [0.1, 0.15) is 161 Å². The van der Waals surface area contributed by atoms with Crippen molar-refractivity contribution in [1.82, 2.24) is 4.90 Å². The molecular formula is C30H58N2. The minimum atomic E-state index is 0.864. The Morgan fingerprint density at radius 1 is 0.438 bits per heavy atom. The van der Waals surface area contributed by atoms with Gasteiger partial charge in [-0.05, 0) is 64.2 Å². The fourth-order valence-electron chi connectivity index (χ4n) is 5.83. The zero-order valence-corrected chi connectivity index (χ0v) is 21.8. The van der Waals surface area contributed by atoms with Crippen LogP contribution in [-0.4, -0.2) is 36.8 Å². The molecule has 188 valence electrons. The highest BCUT2D eigenvalue weighted by atomic mass is 15.1. The van der Waals surface area contributed by atoms with Gasteiger partial charge in [0.05, 0.1) is 0 Å². The second-order valence-electron chi connectivity index (χ2n) is 10.9. The van der Waals surface area contributed by atoms with Gasteiger partial charge in [-0.3, -0.25) is 4.99 Å². The highest BCUT2D eigenvalue weighted by Crippen LogP contribution is 2.22. The van der Waals surface area contributed by atoms with E-state index in [4.69, 9.17) is 0 Å². The molecule has 0 bridgehead atoms. The molecule has 0 saturated heterocycles. The quantitative estimate of drug-likeness (QED) is 0.391. The lowest BCUT2D eigenvalue weighted by molar-refractivity contribution is 0.163. The smallest absolute Gasteiger partial charge is 0.0385 e. The molecular weight excluding hydrogens is 388 g/mol. The van der Waals surface area contributed by atoms with Crippen LogP contribution in [0.5, 0.6) is 0 Å². The standard InChI is InChI=1S/C30H58N2/c1-2-4-6-8-12-18-24-30(25-19-13-9-7-5-3-1)32-28-22-16-11-10-14-20-26-31-27-21-15-17-23-29-32/h27,30H,1-26,28-29H2. The highest BCUT2D eigenvalue weighted by molar-refractivity contribution is 5.56. The van der Waals surface area contributed by atoms with Crippen LogP contribution in [0.3, 0.4) is 0 Å². The van der Waals surface area contributed by atoms with E-state index in [0.717, 1.165) is 12.6 Å². The molecule has 0 unspecified atom stereocenters. The molecule has 1 heterocycles.